The Morgan fingerprint density at radius 2 is 1.82 bits per heavy atom. The van der Waals surface area contributed by atoms with Gasteiger partial charge in [-0.2, -0.15) is 0 Å². The first-order chi connectivity index (χ1) is 13.5. The standard InChI is InChI=1S/C22H19N3O3/c1-15-3-4-18(16(2)11-15)14-28-20-8-5-17(6-9-20)21-13-24-12-19(25(26)27)7-10-22(24)23-21/h3-13H,14H2,1-2H3. The monoisotopic (exact) mass is 373 g/mol. The van der Waals surface area contributed by atoms with E-state index in [1.54, 1.807) is 16.7 Å². The van der Waals surface area contributed by atoms with E-state index in [1.807, 2.05) is 24.3 Å². The van der Waals surface area contributed by atoms with E-state index in [0.717, 1.165) is 22.6 Å². The zero-order chi connectivity index (χ0) is 19.7. The second-order valence-electron chi connectivity index (χ2n) is 6.78. The fourth-order valence-electron chi connectivity index (χ4n) is 3.12. The van der Waals surface area contributed by atoms with Crippen LogP contribution in [0.4, 0.5) is 5.69 Å². The van der Waals surface area contributed by atoms with Gasteiger partial charge in [-0.25, -0.2) is 4.98 Å². The smallest absolute Gasteiger partial charge is 0.286 e. The van der Waals surface area contributed by atoms with Crippen molar-refractivity contribution in [3.63, 3.8) is 0 Å². The fourth-order valence-corrected chi connectivity index (χ4v) is 3.12. The van der Waals surface area contributed by atoms with Gasteiger partial charge in [-0.05, 0) is 55.3 Å². The second-order valence-corrected chi connectivity index (χ2v) is 6.78. The molecule has 2 aromatic heterocycles. The number of fused-ring (bicyclic) bond motifs is 1. The molecule has 0 spiro atoms. The number of imidazole rings is 1. The molecule has 0 aliphatic carbocycles. The van der Waals surface area contributed by atoms with E-state index < -0.39 is 4.92 Å². The summed E-state index contributed by atoms with van der Waals surface area (Å²) < 4.78 is 7.57. The third kappa shape index (κ3) is 3.57. The summed E-state index contributed by atoms with van der Waals surface area (Å²) in [7, 11) is 0. The van der Waals surface area contributed by atoms with Gasteiger partial charge in [0, 0.05) is 17.8 Å². The lowest BCUT2D eigenvalue weighted by atomic mass is 10.1. The summed E-state index contributed by atoms with van der Waals surface area (Å²) in [5.41, 5.74) is 5.99. The Kier molecular flexibility index (Phi) is 4.53. The highest BCUT2D eigenvalue weighted by molar-refractivity contribution is 5.63. The van der Waals surface area contributed by atoms with E-state index in [2.05, 4.69) is 37.0 Å². The van der Waals surface area contributed by atoms with Crippen LogP contribution in [0.25, 0.3) is 16.9 Å². The van der Waals surface area contributed by atoms with E-state index in [0.29, 0.717) is 12.3 Å². The van der Waals surface area contributed by atoms with E-state index in [-0.39, 0.29) is 5.69 Å². The van der Waals surface area contributed by atoms with Gasteiger partial charge in [-0.1, -0.05) is 23.8 Å². The van der Waals surface area contributed by atoms with Crippen LogP contribution in [0, 0.1) is 24.0 Å². The maximum atomic E-state index is 10.9. The van der Waals surface area contributed by atoms with Gasteiger partial charge in [0.25, 0.3) is 5.69 Å². The Labute approximate surface area is 162 Å². The molecule has 2 aromatic carbocycles. The lowest BCUT2D eigenvalue weighted by Crippen LogP contribution is -1.98. The van der Waals surface area contributed by atoms with Crippen LogP contribution in [0.15, 0.2) is 67.0 Å². The minimum atomic E-state index is -0.416. The predicted molar refractivity (Wildman–Crippen MR) is 108 cm³/mol. The predicted octanol–water partition coefficient (Wildman–Crippen LogP) is 5.11. The van der Waals surface area contributed by atoms with Crippen molar-refractivity contribution in [1.82, 2.24) is 9.38 Å². The normalized spacial score (nSPS) is 10.9. The first-order valence-corrected chi connectivity index (χ1v) is 8.92. The Hall–Kier alpha value is -3.67. The number of rotatable bonds is 5. The number of nitrogens with zero attached hydrogens (tertiary/aromatic N) is 3. The molecule has 0 aliphatic heterocycles. The molecule has 0 N–H and O–H groups in total. The van der Waals surface area contributed by atoms with E-state index in [9.17, 15) is 10.1 Å². The highest BCUT2D eigenvalue weighted by Crippen LogP contribution is 2.24. The van der Waals surface area contributed by atoms with Gasteiger partial charge < -0.3 is 4.74 Å². The molecular weight excluding hydrogens is 354 g/mol. The zero-order valence-corrected chi connectivity index (χ0v) is 15.6. The molecule has 6 heteroatoms. The van der Waals surface area contributed by atoms with Crippen LogP contribution >= 0.6 is 0 Å². The highest BCUT2D eigenvalue weighted by Gasteiger charge is 2.10. The number of hydrogen-bond acceptors (Lipinski definition) is 4. The second kappa shape index (κ2) is 7.15. The van der Waals surface area contributed by atoms with Crippen LogP contribution in [0.3, 0.4) is 0 Å². The summed E-state index contributed by atoms with van der Waals surface area (Å²) >= 11 is 0. The molecule has 0 bridgehead atoms. The molecule has 0 unspecified atom stereocenters. The molecule has 28 heavy (non-hydrogen) atoms. The topological polar surface area (TPSA) is 69.7 Å². The number of hydrogen-bond donors (Lipinski definition) is 0. The Bertz CT molecular complexity index is 1160. The summed E-state index contributed by atoms with van der Waals surface area (Å²) in [5, 5.41) is 10.9. The van der Waals surface area contributed by atoms with Crippen molar-refractivity contribution in [2.45, 2.75) is 20.5 Å². The van der Waals surface area contributed by atoms with Crippen LogP contribution in [0.1, 0.15) is 16.7 Å². The quantitative estimate of drug-likeness (QED) is 0.360. The van der Waals surface area contributed by atoms with Gasteiger partial charge in [0.05, 0.1) is 16.8 Å². The van der Waals surface area contributed by atoms with Gasteiger partial charge in [-0.3, -0.25) is 14.5 Å². The van der Waals surface area contributed by atoms with Gasteiger partial charge >= 0.3 is 0 Å². The molecule has 0 amide bonds. The molecule has 6 nitrogen and oxygen atoms in total. The molecule has 0 radical (unpaired) electrons. The first kappa shape index (κ1) is 17.7. The summed E-state index contributed by atoms with van der Waals surface area (Å²) in [5.74, 6) is 0.781. The lowest BCUT2D eigenvalue weighted by Gasteiger charge is -2.10. The molecule has 4 aromatic rings. The molecule has 0 atom stereocenters. The van der Waals surface area contributed by atoms with Crippen molar-refractivity contribution in [1.29, 1.82) is 0 Å². The summed E-state index contributed by atoms with van der Waals surface area (Å²) in [6, 6.07) is 17.1. The molecule has 0 saturated carbocycles. The number of aryl methyl sites for hydroxylation is 2. The largest absolute Gasteiger partial charge is 0.489 e. The molecule has 0 saturated heterocycles. The van der Waals surface area contributed by atoms with Crippen molar-refractivity contribution >= 4 is 11.3 Å². The van der Waals surface area contributed by atoms with Crippen molar-refractivity contribution in [2.75, 3.05) is 0 Å². The SMILES string of the molecule is Cc1ccc(COc2ccc(-c3cn4cc([N+](=O)[O-])ccc4n3)cc2)c(C)c1. The number of aromatic nitrogens is 2. The number of ether oxygens (including phenoxy) is 1. The maximum absolute atomic E-state index is 10.9. The Balaban J connectivity index is 1.51. The van der Waals surface area contributed by atoms with Gasteiger partial charge in [-0.15, -0.1) is 0 Å². The fraction of sp³-hybridized carbons (Fsp3) is 0.136. The molecule has 0 fully saturated rings. The van der Waals surface area contributed by atoms with Crippen LogP contribution in [-0.2, 0) is 6.61 Å². The molecule has 0 aliphatic rings. The minimum absolute atomic E-state index is 0.0339. The molecule has 140 valence electrons. The summed E-state index contributed by atoms with van der Waals surface area (Å²) in [6.07, 6.45) is 3.25. The van der Waals surface area contributed by atoms with Gasteiger partial charge in [0.15, 0.2) is 0 Å². The minimum Gasteiger partial charge on any atom is -0.489 e. The van der Waals surface area contributed by atoms with Crippen LogP contribution < -0.4 is 4.74 Å². The average Bonchev–Trinajstić information content (AvgIpc) is 3.11. The van der Waals surface area contributed by atoms with Crippen LogP contribution in [0.2, 0.25) is 0 Å². The highest BCUT2D eigenvalue weighted by atomic mass is 16.6. The van der Waals surface area contributed by atoms with E-state index in [1.165, 1.54) is 23.4 Å². The number of benzene rings is 2. The van der Waals surface area contributed by atoms with E-state index in [4.69, 9.17) is 4.74 Å². The molecule has 2 heterocycles. The Morgan fingerprint density at radius 3 is 2.54 bits per heavy atom. The number of nitro groups is 1. The zero-order valence-electron chi connectivity index (χ0n) is 15.6. The number of pyridine rings is 1. The van der Waals surface area contributed by atoms with E-state index >= 15 is 0 Å². The first-order valence-electron chi connectivity index (χ1n) is 8.92. The van der Waals surface area contributed by atoms with Crippen molar-refractivity contribution in [2.24, 2.45) is 0 Å². The molecular formula is C22H19N3O3. The summed E-state index contributed by atoms with van der Waals surface area (Å²) in [4.78, 5) is 15.0. The van der Waals surface area contributed by atoms with Crippen LogP contribution in [0.5, 0.6) is 5.75 Å². The maximum Gasteiger partial charge on any atom is 0.286 e. The van der Waals surface area contributed by atoms with Crippen molar-refractivity contribution in [3.05, 3.63) is 93.8 Å². The van der Waals surface area contributed by atoms with Gasteiger partial charge in [0.2, 0.25) is 0 Å². The average molecular weight is 373 g/mol. The van der Waals surface area contributed by atoms with Crippen molar-refractivity contribution < 1.29 is 9.66 Å². The van der Waals surface area contributed by atoms with Gasteiger partial charge in [0.1, 0.15) is 18.0 Å². The lowest BCUT2D eigenvalue weighted by molar-refractivity contribution is -0.385. The third-order valence-corrected chi connectivity index (χ3v) is 4.69. The third-order valence-electron chi connectivity index (χ3n) is 4.69. The summed E-state index contributed by atoms with van der Waals surface area (Å²) in [6.45, 7) is 4.68. The molecule has 4 rings (SSSR count). The van der Waals surface area contributed by atoms with Crippen molar-refractivity contribution in [3.8, 4) is 17.0 Å². The van der Waals surface area contributed by atoms with Crippen LogP contribution in [-0.4, -0.2) is 14.3 Å². The Morgan fingerprint density at radius 1 is 1.04 bits per heavy atom.